The van der Waals surface area contributed by atoms with Crippen molar-refractivity contribution in [1.82, 2.24) is 9.97 Å². The van der Waals surface area contributed by atoms with Crippen LogP contribution in [0.5, 0.6) is 11.5 Å². The molecule has 29 heavy (non-hydrogen) atoms. The van der Waals surface area contributed by atoms with Crippen molar-refractivity contribution in [2.75, 3.05) is 18.9 Å². The number of hydrogen-bond donors (Lipinski definition) is 1. The number of benzene rings is 2. The van der Waals surface area contributed by atoms with Crippen molar-refractivity contribution in [3.63, 3.8) is 0 Å². The highest BCUT2D eigenvalue weighted by Crippen LogP contribution is 2.36. The average molecular weight is 428 g/mol. The number of ether oxygens (including phenoxy) is 2. The Morgan fingerprint density at radius 2 is 1.79 bits per heavy atom. The first-order chi connectivity index (χ1) is 14.0. The number of para-hydroxylation sites is 1. The second-order valence-electron chi connectivity index (χ2n) is 6.03. The summed E-state index contributed by atoms with van der Waals surface area (Å²) in [5.74, 6) is 0.789. The van der Waals surface area contributed by atoms with E-state index in [1.807, 2.05) is 18.2 Å². The highest BCUT2D eigenvalue weighted by Gasteiger charge is 2.20. The van der Waals surface area contributed by atoms with E-state index in [4.69, 9.17) is 9.47 Å². The molecule has 0 bridgehead atoms. The topological polar surface area (TPSA) is 90.4 Å². The Labute approximate surface area is 172 Å². The third-order valence-electron chi connectivity index (χ3n) is 4.26. The Bertz CT molecular complexity index is 1250. The first-order valence-electron chi connectivity index (χ1n) is 8.56. The van der Waals surface area contributed by atoms with Crippen molar-refractivity contribution >= 4 is 37.3 Å². The molecule has 0 amide bonds. The second-order valence-corrected chi connectivity index (χ2v) is 8.74. The lowest BCUT2D eigenvalue weighted by molar-refractivity contribution is 0.354. The number of aromatic nitrogens is 2. The van der Waals surface area contributed by atoms with Gasteiger partial charge in [0, 0.05) is 24.0 Å². The van der Waals surface area contributed by atoms with Gasteiger partial charge >= 0.3 is 0 Å². The van der Waals surface area contributed by atoms with E-state index in [0.717, 1.165) is 10.2 Å². The number of hydrogen-bond acceptors (Lipinski definition) is 7. The van der Waals surface area contributed by atoms with E-state index in [1.54, 1.807) is 30.6 Å². The number of sulfonamides is 1. The largest absolute Gasteiger partial charge is 0.493 e. The fraction of sp³-hybridized carbons (Fsp3) is 0.100. The highest BCUT2D eigenvalue weighted by molar-refractivity contribution is 7.92. The first-order valence-corrected chi connectivity index (χ1v) is 10.9. The number of nitrogens with one attached hydrogen (secondary N) is 1. The van der Waals surface area contributed by atoms with Gasteiger partial charge in [-0.15, -0.1) is 11.3 Å². The Morgan fingerprint density at radius 1 is 1.00 bits per heavy atom. The van der Waals surface area contributed by atoms with Gasteiger partial charge in [0.1, 0.15) is 5.01 Å². The monoisotopic (exact) mass is 427 g/mol. The smallest absolute Gasteiger partial charge is 0.262 e. The third kappa shape index (κ3) is 3.74. The summed E-state index contributed by atoms with van der Waals surface area (Å²) in [4.78, 5) is 8.78. The lowest BCUT2D eigenvalue weighted by atomic mass is 10.2. The molecule has 0 fully saturated rings. The molecular formula is C20H17N3O4S2. The number of pyridine rings is 1. The van der Waals surface area contributed by atoms with Gasteiger partial charge in [-0.2, -0.15) is 0 Å². The van der Waals surface area contributed by atoms with E-state index in [9.17, 15) is 8.42 Å². The highest BCUT2D eigenvalue weighted by atomic mass is 32.2. The molecule has 148 valence electrons. The van der Waals surface area contributed by atoms with Crippen molar-refractivity contribution in [3.05, 3.63) is 60.9 Å². The standard InChI is InChI=1S/C20H17N3O4S2/c1-26-17-8-7-13(11-18(17)27-2)29(24,25)23-15-6-4-3-5-14(15)20-22-16-9-10-21-12-19(16)28-20/h3-12,23H,1-2H3. The van der Waals surface area contributed by atoms with Crippen LogP contribution in [0.3, 0.4) is 0 Å². The van der Waals surface area contributed by atoms with Crippen LogP contribution in [0.2, 0.25) is 0 Å². The van der Waals surface area contributed by atoms with Crippen LogP contribution in [0.15, 0.2) is 65.8 Å². The van der Waals surface area contributed by atoms with Crippen LogP contribution in [0.4, 0.5) is 5.69 Å². The quantitative estimate of drug-likeness (QED) is 0.497. The minimum Gasteiger partial charge on any atom is -0.493 e. The van der Waals surface area contributed by atoms with Crippen LogP contribution in [-0.4, -0.2) is 32.6 Å². The Hall–Kier alpha value is -3.17. The lowest BCUT2D eigenvalue weighted by Gasteiger charge is -2.13. The van der Waals surface area contributed by atoms with E-state index >= 15 is 0 Å². The predicted molar refractivity (Wildman–Crippen MR) is 113 cm³/mol. The number of fused-ring (bicyclic) bond motifs is 1. The van der Waals surface area contributed by atoms with Gasteiger partial charge in [-0.25, -0.2) is 13.4 Å². The molecular weight excluding hydrogens is 410 g/mol. The molecule has 4 aromatic rings. The molecule has 0 spiro atoms. The van der Waals surface area contributed by atoms with Gasteiger partial charge in [-0.1, -0.05) is 12.1 Å². The van der Waals surface area contributed by atoms with Crippen LogP contribution in [0.25, 0.3) is 20.8 Å². The molecule has 0 aliphatic heterocycles. The Morgan fingerprint density at radius 3 is 2.55 bits per heavy atom. The van der Waals surface area contributed by atoms with E-state index in [1.165, 1.54) is 37.7 Å². The fourth-order valence-electron chi connectivity index (χ4n) is 2.84. The van der Waals surface area contributed by atoms with E-state index in [0.29, 0.717) is 27.8 Å². The molecule has 0 unspecified atom stereocenters. The van der Waals surface area contributed by atoms with E-state index in [-0.39, 0.29) is 4.90 Å². The minimum absolute atomic E-state index is 0.0680. The van der Waals surface area contributed by atoms with Gasteiger partial charge in [0.25, 0.3) is 10.0 Å². The molecule has 0 radical (unpaired) electrons. The zero-order valence-corrected chi connectivity index (χ0v) is 17.3. The second kappa shape index (κ2) is 7.69. The molecule has 0 aliphatic carbocycles. The van der Waals surface area contributed by atoms with Crippen molar-refractivity contribution < 1.29 is 17.9 Å². The summed E-state index contributed by atoms with van der Waals surface area (Å²) in [6.07, 6.45) is 3.42. The van der Waals surface area contributed by atoms with Crippen LogP contribution in [0, 0.1) is 0 Å². The molecule has 2 aromatic heterocycles. The summed E-state index contributed by atoms with van der Waals surface area (Å²) in [5.41, 5.74) is 1.95. The number of nitrogens with zero attached hydrogens (tertiary/aromatic N) is 2. The van der Waals surface area contributed by atoms with E-state index < -0.39 is 10.0 Å². The maximum absolute atomic E-state index is 13.0. The van der Waals surface area contributed by atoms with Crippen molar-refractivity contribution in [2.45, 2.75) is 4.90 Å². The lowest BCUT2D eigenvalue weighted by Crippen LogP contribution is -2.13. The van der Waals surface area contributed by atoms with Crippen LogP contribution < -0.4 is 14.2 Å². The molecule has 7 nitrogen and oxygen atoms in total. The normalized spacial score (nSPS) is 11.4. The zero-order chi connectivity index (χ0) is 20.4. The van der Waals surface area contributed by atoms with Crippen LogP contribution in [0.1, 0.15) is 0 Å². The fourth-order valence-corrected chi connectivity index (χ4v) is 4.91. The number of thiazole rings is 1. The van der Waals surface area contributed by atoms with Crippen LogP contribution in [-0.2, 0) is 10.0 Å². The summed E-state index contributed by atoms with van der Waals surface area (Å²) in [6, 6.07) is 13.4. The van der Waals surface area contributed by atoms with Crippen molar-refractivity contribution in [1.29, 1.82) is 0 Å². The minimum atomic E-state index is -3.85. The number of rotatable bonds is 6. The molecule has 1 N–H and O–H groups in total. The summed E-state index contributed by atoms with van der Waals surface area (Å²) in [6.45, 7) is 0. The van der Waals surface area contributed by atoms with Gasteiger partial charge in [-0.3, -0.25) is 9.71 Å². The van der Waals surface area contributed by atoms with E-state index in [2.05, 4.69) is 14.7 Å². The Balaban J connectivity index is 1.73. The van der Waals surface area contributed by atoms with Crippen molar-refractivity contribution in [3.8, 4) is 22.1 Å². The van der Waals surface area contributed by atoms with Gasteiger partial charge in [0.2, 0.25) is 0 Å². The predicted octanol–water partition coefficient (Wildman–Crippen LogP) is 4.18. The number of anilines is 1. The van der Waals surface area contributed by atoms with Crippen molar-refractivity contribution in [2.24, 2.45) is 0 Å². The van der Waals surface area contributed by atoms with Crippen LogP contribution >= 0.6 is 11.3 Å². The summed E-state index contributed by atoms with van der Waals surface area (Å²) < 4.78 is 40.0. The first kappa shape index (κ1) is 19.2. The third-order valence-corrected chi connectivity index (χ3v) is 6.66. The molecule has 0 atom stereocenters. The molecule has 2 heterocycles. The molecule has 4 rings (SSSR count). The van der Waals surface area contributed by atoms with Gasteiger partial charge in [-0.05, 0) is 30.3 Å². The average Bonchev–Trinajstić information content (AvgIpc) is 3.17. The molecule has 2 aromatic carbocycles. The van der Waals surface area contributed by atoms with Gasteiger partial charge < -0.3 is 9.47 Å². The van der Waals surface area contributed by atoms with Gasteiger partial charge in [0.15, 0.2) is 11.5 Å². The molecule has 9 heteroatoms. The molecule has 0 aliphatic rings. The SMILES string of the molecule is COc1ccc(S(=O)(=O)Nc2ccccc2-c2nc3ccncc3s2)cc1OC. The zero-order valence-electron chi connectivity index (χ0n) is 15.6. The summed E-state index contributed by atoms with van der Waals surface area (Å²) in [7, 11) is -0.901. The molecule has 0 saturated heterocycles. The Kier molecular flexibility index (Phi) is 5.08. The maximum Gasteiger partial charge on any atom is 0.262 e. The number of methoxy groups -OCH3 is 2. The summed E-state index contributed by atoms with van der Waals surface area (Å²) >= 11 is 1.45. The maximum atomic E-state index is 13.0. The van der Waals surface area contributed by atoms with Gasteiger partial charge in [0.05, 0.1) is 35.0 Å². The summed E-state index contributed by atoms with van der Waals surface area (Å²) in [5, 5.41) is 0.707. The molecule has 0 saturated carbocycles.